The van der Waals surface area contributed by atoms with Crippen LogP contribution in [0.25, 0.3) is 10.9 Å². The number of hydrogen-bond donors (Lipinski definition) is 2. The lowest BCUT2D eigenvalue weighted by Gasteiger charge is -2.20. The van der Waals surface area contributed by atoms with Gasteiger partial charge < -0.3 is 19.7 Å². The van der Waals surface area contributed by atoms with Crippen LogP contribution in [0.3, 0.4) is 0 Å². The molecule has 1 amide bonds. The van der Waals surface area contributed by atoms with Gasteiger partial charge in [-0.05, 0) is 23.8 Å². The lowest BCUT2D eigenvalue weighted by Crippen LogP contribution is -2.38. The molecule has 2 aromatic rings. The number of ether oxygens (including phenoxy) is 1. The summed E-state index contributed by atoms with van der Waals surface area (Å²) in [5.41, 5.74) is 1.67. The largest absolute Gasteiger partial charge is 0.480 e. The molecule has 2 rings (SSSR count). The number of benzene rings is 1. The highest BCUT2D eigenvalue weighted by molar-refractivity contribution is 6.31. The molecule has 0 spiro atoms. The fourth-order valence-electron chi connectivity index (χ4n) is 2.23. The van der Waals surface area contributed by atoms with Crippen LogP contribution in [0.4, 0.5) is 0 Å². The predicted octanol–water partition coefficient (Wildman–Crippen LogP) is 1.92. The second-order valence-electron chi connectivity index (χ2n) is 4.88. The van der Waals surface area contributed by atoms with Crippen LogP contribution >= 0.6 is 11.6 Å². The summed E-state index contributed by atoms with van der Waals surface area (Å²) in [5.74, 6) is -1.31. The van der Waals surface area contributed by atoms with Crippen molar-refractivity contribution in [1.29, 1.82) is 0 Å². The smallest absolute Gasteiger partial charge is 0.323 e. The second kappa shape index (κ2) is 7.29. The first kappa shape index (κ1) is 16.3. The molecule has 0 radical (unpaired) electrons. The number of amides is 1. The molecular formula is C15H17ClN2O4. The minimum absolute atomic E-state index is 0.108. The van der Waals surface area contributed by atoms with Crippen molar-refractivity contribution in [3.8, 4) is 0 Å². The first-order valence-corrected chi connectivity index (χ1v) is 7.13. The first-order chi connectivity index (χ1) is 10.5. The van der Waals surface area contributed by atoms with Gasteiger partial charge in [0.2, 0.25) is 5.91 Å². The molecule has 0 aliphatic rings. The minimum atomic E-state index is -1.05. The second-order valence-corrected chi connectivity index (χ2v) is 5.32. The molecule has 0 bridgehead atoms. The number of halogens is 1. The lowest BCUT2D eigenvalue weighted by atomic mass is 10.1. The van der Waals surface area contributed by atoms with Crippen LogP contribution in [-0.4, -0.2) is 53.7 Å². The predicted molar refractivity (Wildman–Crippen MR) is 83.1 cm³/mol. The zero-order valence-electron chi connectivity index (χ0n) is 12.1. The fraction of sp³-hybridized carbons (Fsp3) is 0.333. The van der Waals surface area contributed by atoms with E-state index in [9.17, 15) is 9.59 Å². The Bertz CT molecular complexity index is 683. The Morgan fingerprint density at radius 3 is 2.86 bits per heavy atom. The highest BCUT2D eigenvalue weighted by Crippen LogP contribution is 2.23. The Labute approximate surface area is 132 Å². The maximum Gasteiger partial charge on any atom is 0.323 e. The lowest BCUT2D eigenvalue weighted by molar-refractivity contribution is -0.144. The van der Waals surface area contributed by atoms with Crippen molar-refractivity contribution in [2.24, 2.45) is 0 Å². The first-order valence-electron chi connectivity index (χ1n) is 6.75. The number of aliphatic carboxylic acids is 1. The summed E-state index contributed by atoms with van der Waals surface area (Å²) in [6.07, 6.45) is 1.85. The molecule has 7 heteroatoms. The number of nitrogens with zero attached hydrogens (tertiary/aromatic N) is 1. The topological polar surface area (TPSA) is 82.6 Å². The highest BCUT2D eigenvalue weighted by Gasteiger charge is 2.18. The summed E-state index contributed by atoms with van der Waals surface area (Å²) in [5, 5.41) is 10.4. The van der Waals surface area contributed by atoms with Crippen LogP contribution in [0.1, 0.15) is 5.56 Å². The number of aromatic amines is 1. The Hall–Kier alpha value is -2.05. The molecule has 6 nitrogen and oxygen atoms in total. The number of carboxylic acids is 1. The Morgan fingerprint density at radius 2 is 2.18 bits per heavy atom. The Kier molecular flexibility index (Phi) is 5.41. The van der Waals surface area contributed by atoms with Crippen molar-refractivity contribution < 1.29 is 19.4 Å². The molecule has 0 aliphatic carbocycles. The molecule has 118 valence electrons. The minimum Gasteiger partial charge on any atom is -0.480 e. The van der Waals surface area contributed by atoms with E-state index in [2.05, 4.69) is 4.98 Å². The molecule has 1 aromatic heterocycles. The van der Waals surface area contributed by atoms with E-state index in [1.807, 2.05) is 6.07 Å². The standard InChI is InChI=1S/C15H17ClN2O4/c1-22-5-4-18(9-15(20)21)14(19)6-10-8-17-13-3-2-11(16)7-12(10)13/h2-3,7-8,17H,4-6,9H2,1H3,(H,20,21). The molecule has 0 atom stereocenters. The van der Waals surface area contributed by atoms with Crippen molar-refractivity contribution in [1.82, 2.24) is 9.88 Å². The average molecular weight is 325 g/mol. The van der Waals surface area contributed by atoms with Gasteiger partial charge in [-0.15, -0.1) is 0 Å². The van der Waals surface area contributed by atoms with E-state index in [0.717, 1.165) is 16.5 Å². The molecular weight excluding hydrogens is 308 g/mol. The third-order valence-corrected chi connectivity index (χ3v) is 3.55. The molecule has 0 saturated carbocycles. The number of rotatable bonds is 7. The summed E-state index contributed by atoms with van der Waals surface area (Å²) in [7, 11) is 1.51. The van der Waals surface area contributed by atoms with E-state index in [1.54, 1.807) is 18.3 Å². The summed E-state index contributed by atoms with van der Waals surface area (Å²) in [6, 6.07) is 5.39. The van der Waals surface area contributed by atoms with E-state index in [-0.39, 0.29) is 25.4 Å². The van der Waals surface area contributed by atoms with Crippen molar-refractivity contribution in [2.45, 2.75) is 6.42 Å². The summed E-state index contributed by atoms with van der Waals surface area (Å²) < 4.78 is 4.91. The number of carbonyl (C=O) groups excluding carboxylic acids is 1. The molecule has 0 aliphatic heterocycles. The van der Waals surface area contributed by atoms with Crippen LogP contribution in [0.2, 0.25) is 5.02 Å². The summed E-state index contributed by atoms with van der Waals surface area (Å²) in [6.45, 7) is 0.189. The zero-order chi connectivity index (χ0) is 16.1. The monoisotopic (exact) mass is 324 g/mol. The van der Waals surface area contributed by atoms with Crippen molar-refractivity contribution in [3.63, 3.8) is 0 Å². The average Bonchev–Trinajstić information content (AvgIpc) is 2.85. The molecule has 0 fully saturated rings. The third-order valence-electron chi connectivity index (χ3n) is 3.32. The third kappa shape index (κ3) is 3.99. The number of methoxy groups -OCH3 is 1. The maximum absolute atomic E-state index is 12.3. The van der Waals surface area contributed by atoms with Gasteiger partial charge in [-0.3, -0.25) is 9.59 Å². The van der Waals surface area contributed by atoms with E-state index < -0.39 is 5.97 Å². The van der Waals surface area contributed by atoms with E-state index in [4.69, 9.17) is 21.4 Å². The molecule has 2 N–H and O–H groups in total. The van der Waals surface area contributed by atoms with E-state index in [1.165, 1.54) is 12.0 Å². The zero-order valence-corrected chi connectivity index (χ0v) is 12.9. The number of carbonyl (C=O) groups is 2. The van der Waals surface area contributed by atoms with Gasteiger partial charge >= 0.3 is 5.97 Å². The van der Waals surface area contributed by atoms with Crippen molar-refractivity contribution in [2.75, 3.05) is 26.8 Å². The van der Waals surface area contributed by atoms with Crippen molar-refractivity contribution >= 4 is 34.4 Å². The number of nitrogens with one attached hydrogen (secondary N) is 1. The van der Waals surface area contributed by atoms with Crippen LogP contribution in [0.15, 0.2) is 24.4 Å². The van der Waals surface area contributed by atoms with Crippen LogP contribution in [-0.2, 0) is 20.7 Å². The number of carboxylic acid groups (broad SMARTS) is 1. The maximum atomic E-state index is 12.3. The van der Waals surface area contributed by atoms with Crippen LogP contribution < -0.4 is 0 Å². The SMILES string of the molecule is COCCN(CC(=O)O)C(=O)Cc1c[nH]c2ccc(Cl)cc12. The Balaban J connectivity index is 2.16. The van der Waals surface area contributed by atoms with Gasteiger partial charge in [0, 0.05) is 35.8 Å². The van der Waals surface area contributed by atoms with Gasteiger partial charge in [0.15, 0.2) is 0 Å². The van der Waals surface area contributed by atoms with Crippen molar-refractivity contribution in [3.05, 3.63) is 35.0 Å². The van der Waals surface area contributed by atoms with Gasteiger partial charge in [0.1, 0.15) is 6.54 Å². The molecule has 1 heterocycles. The number of H-pyrrole nitrogens is 1. The molecule has 0 saturated heterocycles. The highest BCUT2D eigenvalue weighted by atomic mass is 35.5. The van der Waals surface area contributed by atoms with Gasteiger partial charge in [-0.25, -0.2) is 0 Å². The number of hydrogen-bond acceptors (Lipinski definition) is 3. The summed E-state index contributed by atoms with van der Waals surface area (Å²) in [4.78, 5) is 27.6. The Morgan fingerprint density at radius 1 is 1.41 bits per heavy atom. The van der Waals surface area contributed by atoms with Crippen LogP contribution in [0.5, 0.6) is 0 Å². The quantitative estimate of drug-likeness (QED) is 0.815. The van der Waals surface area contributed by atoms with Gasteiger partial charge in [-0.2, -0.15) is 0 Å². The van der Waals surface area contributed by atoms with Gasteiger partial charge in [0.05, 0.1) is 13.0 Å². The van der Waals surface area contributed by atoms with Gasteiger partial charge in [0.25, 0.3) is 0 Å². The molecule has 1 aromatic carbocycles. The van der Waals surface area contributed by atoms with Crippen LogP contribution in [0, 0.1) is 0 Å². The fourth-order valence-corrected chi connectivity index (χ4v) is 2.40. The van der Waals surface area contributed by atoms with E-state index in [0.29, 0.717) is 11.6 Å². The molecule has 22 heavy (non-hydrogen) atoms. The van der Waals surface area contributed by atoms with Gasteiger partial charge in [-0.1, -0.05) is 11.6 Å². The number of aromatic nitrogens is 1. The van der Waals surface area contributed by atoms with E-state index >= 15 is 0 Å². The molecule has 0 unspecified atom stereocenters. The number of fused-ring (bicyclic) bond motifs is 1. The summed E-state index contributed by atoms with van der Waals surface area (Å²) >= 11 is 5.98. The normalized spacial score (nSPS) is 10.8.